The number of nitrogens with zero attached hydrogens (tertiary/aromatic N) is 4. The maximum Gasteiger partial charge on any atom is 0.189 e. The summed E-state index contributed by atoms with van der Waals surface area (Å²) in [5, 5.41) is 16.2. The molecule has 2 aromatic heterocycles. The molecule has 0 atom stereocenters. The topological polar surface area (TPSA) is 89.3 Å². The van der Waals surface area contributed by atoms with Gasteiger partial charge in [-0.15, -0.1) is 0 Å². The summed E-state index contributed by atoms with van der Waals surface area (Å²) in [6, 6.07) is 3.69. The van der Waals surface area contributed by atoms with Crippen molar-refractivity contribution in [3.8, 4) is 0 Å². The van der Waals surface area contributed by atoms with Crippen LogP contribution in [-0.2, 0) is 6.54 Å². The molecule has 0 saturated carbocycles. The highest BCUT2D eigenvalue weighted by Gasteiger charge is 2.13. The first-order chi connectivity index (χ1) is 9.04. The minimum atomic E-state index is -0.00352. The fourth-order valence-corrected chi connectivity index (χ4v) is 2.12. The van der Waals surface area contributed by atoms with E-state index in [1.165, 1.54) is 0 Å². The summed E-state index contributed by atoms with van der Waals surface area (Å²) in [6.45, 7) is 4.42. The Balaban J connectivity index is 2.41. The third-order valence-electron chi connectivity index (χ3n) is 2.85. The summed E-state index contributed by atoms with van der Waals surface area (Å²) in [5.74, 6) is -0.00352. The van der Waals surface area contributed by atoms with Gasteiger partial charge in [0.15, 0.2) is 5.84 Å². The van der Waals surface area contributed by atoms with Gasteiger partial charge in [0.05, 0.1) is 22.4 Å². The Labute approximate surface area is 119 Å². The third kappa shape index (κ3) is 2.60. The van der Waals surface area contributed by atoms with Crippen molar-refractivity contribution in [2.45, 2.75) is 20.4 Å². The van der Waals surface area contributed by atoms with E-state index in [4.69, 9.17) is 10.9 Å². The van der Waals surface area contributed by atoms with Gasteiger partial charge in [0.2, 0.25) is 0 Å². The second kappa shape index (κ2) is 5.40. The number of oxime groups is 1. The third-order valence-corrected chi connectivity index (χ3v) is 4.00. The van der Waals surface area contributed by atoms with Crippen LogP contribution in [0.15, 0.2) is 28.0 Å². The average molecular weight is 324 g/mol. The van der Waals surface area contributed by atoms with E-state index in [0.717, 1.165) is 21.4 Å². The van der Waals surface area contributed by atoms with Gasteiger partial charge in [-0.1, -0.05) is 11.2 Å². The van der Waals surface area contributed by atoms with Crippen LogP contribution in [0.1, 0.15) is 22.6 Å². The van der Waals surface area contributed by atoms with Crippen molar-refractivity contribution in [1.29, 1.82) is 0 Å². The van der Waals surface area contributed by atoms with Crippen molar-refractivity contribution in [3.63, 3.8) is 0 Å². The maximum atomic E-state index is 8.77. The molecule has 2 heterocycles. The van der Waals surface area contributed by atoms with Crippen LogP contribution in [0.3, 0.4) is 0 Å². The lowest BCUT2D eigenvalue weighted by atomic mass is 10.2. The quantitative estimate of drug-likeness (QED) is 0.390. The van der Waals surface area contributed by atoms with Gasteiger partial charge >= 0.3 is 0 Å². The van der Waals surface area contributed by atoms with E-state index >= 15 is 0 Å². The van der Waals surface area contributed by atoms with E-state index in [0.29, 0.717) is 12.2 Å². The number of halogens is 1. The van der Waals surface area contributed by atoms with E-state index in [2.05, 4.69) is 31.2 Å². The van der Waals surface area contributed by atoms with Gasteiger partial charge in [-0.3, -0.25) is 9.67 Å². The Morgan fingerprint density at radius 1 is 1.53 bits per heavy atom. The SMILES string of the molecule is Cc1nn(Cc2cccnc2/C(N)=N/O)c(C)c1Br. The Morgan fingerprint density at radius 2 is 2.26 bits per heavy atom. The van der Waals surface area contributed by atoms with Crippen molar-refractivity contribution in [2.24, 2.45) is 10.9 Å². The minimum Gasteiger partial charge on any atom is -0.409 e. The number of pyridine rings is 1. The fraction of sp³-hybridized carbons (Fsp3) is 0.250. The molecule has 2 rings (SSSR count). The molecule has 0 radical (unpaired) electrons. The van der Waals surface area contributed by atoms with Gasteiger partial charge in [0, 0.05) is 11.8 Å². The van der Waals surface area contributed by atoms with Crippen LogP contribution >= 0.6 is 15.9 Å². The van der Waals surface area contributed by atoms with Crippen molar-refractivity contribution in [1.82, 2.24) is 14.8 Å². The molecule has 0 aromatic carbocycles. The molecular weight excluding hydrogens is 310 g/mol. The first-order valence-corrected chi connectivity index (χ1v) is 6.45. The Morgan fingerprint density at radius 3 is 2.84 bits per heavy atom. The Bertz CT molecular complexity index is 635. The predicted octanol–water partition coefficient (Wildman–Crippen LogP) is 1.80. The highest BCUT2D eigenvalue weighted by Crippen LogP contribution is 2.21. The van der Waals surface area contributed by atoms with Gasteiger partial charge in [-0.05, 0) is 35.8 Å². The van der Waals surface area contributed by atoms with Crippen molar-refractivity contribution < 1.29 is 5.21 Å². The van der Waals surface area contributed by atoms with Gasteiger partial charge in [-0.25, -0.2) is 0 Å². The van der Waals surface area contributed by atoms with E-state index in [1.54, 1.807) is 6.20 Å². The van der Waals surface area contributed by atoms with Gasteiger partial charge in [0.25, 0.3) is 0 Å². The molecule has 19 heavy (non-hydrogen) atoms. The molecule has 0 spiro atoms. The first kappa shape index (κ1) is 13.5. The lowest BCUT2D eigenvalue weighted by Crippen LogP contribution is -2.19. The molecule has 0 aliphatic rings. The van der Waals surface area contributed by atoms with Crippen LogP contribution in [0, 0.1) is 13.8 Å². The lowest BCUT2D eigenvalue weighted by molar-refractivity contribution is 0.318. The van der Waals surface area contributed by atoms with E-state index in [-0.39, 0.29) is 5.84 Å². The molecule has 0 fully saturated rings. The monoisotopic (exact) mass is 323 g/mol. The molecular formula is C12H14BrN5O. The van der Waals surface area contributed by atoms with Crippen LogP contribution in [0.2, 0.25) is 0 Å². The van der Waals surface area contributed by atoms with Crippen LogP contribution < -0.4 is 5.73 Å². The standard InChI is InChI=1S/C12H14BrN5O/c1-7-10(13)8(2)18(16-7)6-9-4-3-5-15-11(9)12(14)17-19/h3-5,19H,6H2,1-2H3,(H2,14,17). The highest BCUT2D eigenvalue weighted by atomic mass is 79.9. The number of aryl methyl sites for hydroxylation is 1. The second-order valence-electron chi connectivity index (χ2n) is 4.14. The summed E-state index contributed by atoms with van der Waals surface area (Å²) < 4.78 is 2.84. The van der Waals surface area contributed by atoms with Crippen LogP contribution in [0.25, 0.3) is 0 Å². The number of rotatable bonds is 3. The zero-order valence-corrected chi connectivity index (χ0v) is 12.2. The van der Waals surface area contributed by atoms with Crippen LogP contribution in [0.5, 0.6) is 0 Å². The number of nitrogens with two attached hydrogens (primary N) is 1. The predicted molar refractivity (Wildman–Crippen MR) is 75.3 cm³/mol. The smallest absolute Gasteiger partial charge is 0.189 e. The van der Waals surface area contributed by atoms with E-state index in [1.807, 2.05) is 30.7 Å². The minimum absolute atomic E-state index is 0.00352. The molecule has 100 valence electrons. The summed E-state index contributed by atoms with van der Waals surface area (Å²) in [7, 11) is 0. The summed E-state index contributed by atoms with van der Waals surface area (Å²) >= 11 is 3.49. The zero-order chi connectivity index (χ0) is 14.0. The molecule has 0 saturated heterocycles. The van der Waals surface area contributed by atoms with Crippen molar-refractivity contribution >= 4 is 21.8 Å². The Kier molecular flexibility index (Phi) is 3.84. The molecule has 0 aliphatic carbocycles. The largest absolute Gasteiger partial charge is 0.409 e. The van der Waals surface area contributed by atoms with E-state index in [9.17, 15) is 0 Å². The molecule has 0 aliphatic heterocycles. The maximum absolute atomic E-state index is 8.77. The highest BCUT2D eigenvalue weighted by molar-refractivity contribution is 9.10. The second-order valence-corrected chi connectivity index (χ2v) is 4.93. The number of hydrogen-bond donors (Lipinski definition) is 2. The zero-order valence-electron chi connectivity index (χ0n) is 10.6. The first-order valence-electron chi connectivity index (χ1n) is 5.66. The van der Waals surface area contributed by atoms with Crippen LogP contribution in [-0.4, -0.2) is 25.8 Å². The van der Waals surface area contributed by atoms with Gasteiger partial charge in [0.1, 0.15) is 5.69 Å². The van der Waals surface area contributed by atoms with Crippen molar-refractivity contribution in [3.05, 3.63) is 45.4 Å². The molecule has 0 amide bonds. The Hall–Kier alpha value is -1.89. The number of hydrogen-bond acceptors (Lipinski definition) is 4. The molecule has 6 nitrogen and oxygen atoms in total. The van der Waals surface area contributed by atoms with E-state index < -0.39 is 0 Å². The van der Waals surface area contributed by atoms with Crippen LogP contribution in [0.4, 0.5) is 0 Å². The average Bonchev–Trinajstić information content (AvgIpc) is 2.66. The number of amidine groups is 1. The van der Waals surface area contributed by atoms with Gasteiger partial charge < -0.3 is 10.9 Å². The number of aromatic nitrogens is 3. The fourth-order valence-electron chi connectivity index (χ4n) is 1.83. The lowest BCUT2D eigenvalue weighted by Gasteiger charge is -2.08. The normalized spacial score (nSPS) is 11.8. The van der Waals surface area contributed by atoms with Crippen molar-refractivity contribution in [2.75, 3.05) is 0 Å². The molecule has 2 aromatic rings. The molecule has 7 heteroatoms. The summed E-state index contributed by atoms with van der Waals surface area (Å²) in [5.41, 5.74) is 8.87. The molecule has 0 bridgehead atoms. The summed E-state index contributed by atoms with van der Waals surface area (Å²) in [6.07, 6.45) is 1.61. The molecule has 3 N–H and O–H groups in total. The summed E-state index contributed by atoms with van der Waals surface area (Å²) in [4.78, 5) is 4.14. The molecule has 0 unspecified atom stereocenters. The van der Waals surface area contributed by atoms with Gasteiger partial charge in [-0.2, -0.15) is 5.10 Å².